The molecule has 4 rings (SSSR count). The minimum Gasteiger partial charge on any atom is -0.308 e. The summed E-state index contributed by atoms with van der Waals surface area (Å²) >= 11 is 0. The average molecular weight is 421 g/mol. The SMILES string of the molecule is CC(C)n1ncc2cc(S(=O)(=O)NCC3NCCc4ccccc43)ccc21.Cl. The molecule has 150 valence electrons. The number of benzene rings is 2. The summed E-state index contributed by atoms with van der Waals surface area (Å²) in [6.07, 6.45) is 2.68. The van der Waals surface area contributed by atoms with E-state index in [9.17, 15) is 8.42 Å². The molecule has 0 amide bonds. The zero-order valence-corrected chi connectivity index (χ0v) is 17.6. The summed E-state index contributed by atoms with van der Waals surface area (Å²) in [4.78, 5) is 0.266. The number of rotatable bonds is 5. The maximum atomic E-state index is 12.8. The van der Waals surface area contributed by atoms with E-state index in [-0.39, 0.29) is 29.4 Å². The van der Waals surface area contributed by atoms with Crippen LogP contribution in [0.1, 0.15) is 37.1 Å². The quantitative estimate of drug-likeness (QED) is 0.664. The van der Waals surface area contributed by atoms with Crippen LogP contribution in [0.4, 0.5) is 0 Å². The lowest BCUT2D eigenvalue weighted by Crippen LogP contribution is -2.38. The number of hydrogen-bond donors (Lipinski definition) is 2. The fourth-order valence-corrected chi connectivity index (χ4v) is 4.74. The van der Waals surface area contributed by atoms with E-state index in [1.165, 1.54) is 11.1 Å². The van der Waals surface area contributed by atoms with Crippen molar-refractivity contribution in [3.8, 4) is 0 Å². The van der Waals surface area contributed by atoms with E-state index in [0.717, 1.165) is 23.9 Å². The fraction of sp³-hybridized carbons (Fsp3) is 0.350. The molecule has 0 saturated heterocycles. The summed E-state index contributed by atoms with van der Waals surface area (Å²) in [5.41, 5.74) is 3.38. The molecule has 0 bridgehead atoms. The Hall–Kier alpha value is -1.93. The Balaban J connectivity index is 0.00000225. The molecule has 1 aliphatic rings. The van der Waals surface area contributed by atoms with Crippen molar-refractivity contribution < 1.29 is 8.42 Å². The van der Waals surface area contributed by atoms with Crippen LogP contribution < -0.4 is 10.0 Å². The first-order chi connectivity index (χ1) is 13.0. The Kier molecular flexibility index (Phi) is 6.09. The summed E-state index contributed by atoms with van der Waals surface area (Å²) in [6, 6.07) is 13.6. The normalized spacial score (nSPS) is 16.8. The standard InChI is InChI=1S/C20H24N4O2S.ClH/c1-14(2)24-20-8-7-17(11-16(20)12-22-24)27(25,26)23-13-19-18-6-4-3-5-15(18)9-10-21-19;/h3-8,11-12,14,19,21,23H,9-10,13H2,1-2H3;1H. The highest BCUT2D eigenvalue weighted by Crippen LogP contribution is 2.24. The van der Waals surface area contributed by atoms with Crippen LogP contribution in [-0.4, -0.2) is 31.3 Å². The molecule has 0 spiro atoms. The second kappa shape index (κ2) is 8.21. The van der Waals surface area contributed by atoms with Crippen molar-refractivity contribution in [1.29, 1.82) is 0 Å². The molecule has 1 aromatic heterocycles. The molecule has 0 radical (unpaired) electrons. The number of halogens is 1. The molecule has 1 unspecified atom stereocenters. The van der Waals surface area contributed by atoms with Gasteiger partial charge in [-0.2, -0.15) is 5.10 Å². The predicted octanol–water partition coefficient (Wildman–Crippen LogP) is 3.20. The Bertz CT molecular complexity index is 1080. The number of hydrogen-bond acceptors (Lipinski definition) is 4. The van der Waals surface area contributed by atoms with E-state index < -0.39 is 10.0 Å². The second-order valence-corrected chi connectivity index (χ2v) is 8.98. The molecule has 28 heavy (non-hydrogen) atoms. The van der Waals surface area contributed by atoms with Gasteiger partial charge in [0.2, 0.25) is 10.0 Å². The first-order valence-corrected chi connectivity index (χ1v) is 10.7. The lowest BCUT2D eigenvalue weighted by molar-refractivity contribution is 0.491. The van der Waals surface area contributed by atoms with Gasteiger partial charge in [-0.1, -0.05) is 24.3 Å². The van der Waals surface area contributed by atoms with Gasteiger partial charge in [-0.25, -0.2) is 13.1 Å². The molecule has 3 aromatic rings. The summed E-state index contributed by atoms with van der Waals surface area (Å²) in [6.45, 7) is 5.27. The van der Waals surface area contributed by atoms with Crippen LogP contribution in [-0.2, 0) is 16.4 Å². The van der Waals surface area contributed by atoms with Crippen LogP contribution in [0.2, 0.25) is 0 Å². The molecule has 2 aromatic carbocycles. The highest BCUT2D eigenvalue weighted by molar-refractivity contribution is 7.89. The van der Waals surface area contributed by atoms with Crippen LogP contribution in [0.15, 0.2) is 53.6 Å². The van der Waals surface area contributed by atoms with E-state index >= 15 is 0 Å². The average Bonchev–Trinajstić information content (AvgIpc) is 3.10. The Morgan fingerprint density at radius 3 is 2.82 bits per heavy atom. The number of nitrogens with one attached hydrogen (secondary N) is 2. The van der Waals surface area contributed by atoms with Crippen molar-refractivity contribution in [2.75, 3.05) is 13.1 Å². The van der Waals surface area contributed by atoms with Crippen LogP contribution in [0.5, 0.6) is 0 Å². The molecule has 2 N–H and O–H groups in total. The van der Waals surface area contributed by atoms with Crippen molar-refractivity contribution in [3.63, 3.8) is 0 Å². The zero-order chi connectivity index (χ0) is 19.0. The van der Waals surface area contributed by atoms with Gasteiger partial charge in [-0.15, -0.1) is 12.4 Å². The molecular formula is C20H25ClN4O2S. The molecule has 8 heteroatoms. The van der Waals surface area contributed by atoms with Crippen molar-refractivity contribution in [2.45, 2.75) is 37.2 Å². The summed E-state index contributed by atoms with van der Waals surface area (Å²) in [7, 11) is -3.59. The van der Waals surface area contributed by atoms with Gasteiger partial charge in [0.1, 0.15) is 0 Å². The van der Waals surface area contributed by atoms with E-state index in [0.29, 0.717) is 6.54 Å². The molecule has 0 aliphatic carbocycles. The molecule has 1 atom stereocenters. The van der Waals surface area contributed by atoms with Gasteiger partial charge in [-0.05, 0) is 56.1 Å². The summed E-state index contributed by atoms with van der Waals surface area (Å²) in [5, 5.41) is 8.58. The molecule has 0 fully saturated rings. The number of fused-ring (bicyclic) bond motifs is 2. The summed E-state index contributed by atoms with van der Waals surface area (Å²) < 4.78 is 30.3. The molecular weight excluding hydrogens is 396 g/mol. The van der Waals surface area contributed by atoms with E-state index in [1.54, 1.807) is 18.3 Å². The highest BCUT2D eigenvalue weighted by atomic mass is 35.5. The first kappa shape index (κ1) is 20.8. The second-order valence-electron chi connectivity index (χ2n) is 7.21. The number of nitrogens with zero attached hydrogens (tertiary/aromatic N) is 2. The lowest BCUT2D eigenvalue weighted by atomic mass is 9.95. The van der Waals surface area contributed by atoms with Gasteiger partial charge in [0, 0.05) is 24.0 Å². The largest absolute Gasteiger partial charge is 0.308 e. The molecule has 6 nitrogen and oxygen atoms in total. The third-order valence-corrected chi connectivity index (χ3v) is 6.48. The van der Waals surface area contributed by atoms with E-state index in [1.807, 2.05) is 36.7 Å². The third kappa shape index (κ3) is 3.93. The minimum atomic E-state index is -3.59. The topological polar surface area (TPSA) is 76.0 Å². The van der Waals surface area contributed by atoms with E-state index in [2.05, 4.69) is 27.3 Å². The predicted molar refractivity (Wildman–Crippen MR) is 113 cm³/mol. The first-order valence-electron chi connectivity index (χ1n) is 9.24. The van der Waals surface area contributed by atoms with Crippen LogP contribution in [0.25, 0.3) is 10.9 Å². The number of aromatic nitrogens is 2. The fourth-order valence-electron chi connectivity index (χ4n) is 3.66. The van der Waals surface area contributed by atoms with Gasteiger partial charge in [0.25, 0.3) is 0 Å². The smallest absolute Gasteiger partial charge is 0.240 e. The molecule has 0 saturated carbocycles. The van der Waals surface area contributed by atoms with Crippen molar-refractivity contribution >= 4 is 33.3 Å². The van der Waals surface area contributed by atoms with Crippen molar-refractivity contribution in [2.24, 2.45) is 0 Å². The van der Waals surface area contributed by atoms with Crippen LogP contribution in [0.3, 0.4) is 0 Å². The molecule has 1 aliphatic heterocycles. The van der Waals surface area contributed by atoms with Gasteiger partial charge in [0.15, 0.2) is 0 Å². The van der Waals surface area contributed by atoms with Gasteiger partial charge in [-0.3, -0.25) is 4.68 Å². The Morgan fingerprint density at radius 2 is 2.04 bits per heavy atom. The molecule has 2 heterocycles. The maximum Gasteiger partial charge on any atom is 0.240 e. The van der Waals surface area contributed by atoms with Crippen LogP contribution >= 0.6 is 12.4 Å². The summed E-state index contributed by atoms with van der Waals surface area (Å²) in [5.74, 6) is 0. The lowest BCUT2D eigenvalue weighted by Gasteiger charge is -2.27. The van der Waals surface area contributed by atoms with E-state index in [4.69, 9.17) is 0 Å². The van der Waals surface area contributed by atoms with Crippen molar-refractivity contribution in [1.82, 2.24) is 19.8 Å². The monoisotopic (exact) mass is 420 g/mol. The highest BCUT2D eigenvalue weighted by Gasteiger charge is 2.22. The Morgan fingerprint density at radius 1 is 1.25 bits per heavy atom. The minimum absolute atomic E-state index is 0. The Labute approximate surface area is 171 Å². The van der Waals surface area contributed by atoms with Gasteiger partial charge >= 0.3 is 0 Å². The maximum absolute atomic E-state index is 12.8. The van der Waals surface area contributed by atoms with Crippen LogP contribution in [0, 0.1) is 0 Å². The van der Waals surface area contributed by atoms with Crippen molar-refractivity contribution in [3.05, 3.63) is 59.8 Å². The number of sulfonamides is 1. The zero-order valence-electron chi connectivity index (χ0n) is 15.9. The third-order valence-electron chi connectivity index (χ3n) is 5.06. The van der Waals surface area contributed by atoms with Gasteiger partial charge in [0.05, 0.1) is 16.6 Å². The van der Waals surface area contributed by atoms with Gasteiger partial charge < -0.3 is 5.32 Å².